The molecular weight excluding hydrogens is 306 g/mol. The number of benzene rings is 1. The minimum atomic E-state index is -0.489. The zero-order chi connectivity index (χ0) is 15.2. The lowest BCUT2D eigenvalue weighted by Gasteiger charge is -2.34. The SMILES string of the molecule is Cl.NCC1CCCCN1C(=O)COc1ccc(C(N)=O)cc1. The number of hydrogen-bond donors (Lipinski definition) is 2. The van der Waals surface area contributed by atoms with Gasteiger partial charge in [0.1, 0.15) is 5.75 Å². The Morgan fingerprint density at radius 1 is 1.23 bits per heavy atom. The first-order valence-corrected chi connectivity index (χ1v) is 7.14. The van der Waals surface area contributed by atoms with Crippen LogP contribution in [0.3, 0.4) is 0 Å². The first kappa shape index (κ1) is 18.3. The van der Waals surface area contributed by atoms with Gasteiger partial charge in [0.25, 0.3) is 5.91 Å². The van der Waals surface area contributed by atoms with Crippen molar-refractivity contribution in [3.05, 3.63) is 29.8 Å². The highest BCUT2D eigenvalue weighted by molar-refractivity contribution is 5.92. The molecule has 0 aliphatic carbocycles. The quantitative estimate of drug-likeness (QED) is 0.840. The first-order valence-electron chi connectivity index (χ1n) is 7.14. The topological polar surface area (TPSA) is 98.7 Å². The summed E-state index contributed by atoms with van der Waals surface area (Å²) in [7, 11) is 0. The highest BCUT2D eigenvalue weighted by Crippen LogP contribution is 2.17. The molecule has 1 aliphatic rings. The zero-order valence-corrected chi connectivity index (χ0v) is 13.2. The average Bonchev–Trinajstić information content (AvgIpc) is 2.52. The molecule has 0 aromatic heterocycles. The standard InChI is InChI=1S/C15H21N3O3.ClH/c16-9-12-3-1-2-8-18(12)14(19)10-21-13-6-4-11(5-7-13)15(17)20;/h4-7,12H,1-3,8-10,16H2,(H2,17,20);1H. The van der Waals surface area contributed by atoms with E-state index < -0.39 is 5.91 Å². The van der Waals surface area contributed by atoms with Gasteiger partial charge in [-0.1, -0.05) is 0 Å². The summed E-state index contributed by atoms with van der Waals surface area (Å²) in [6, 6.07) is 6.53. The van der Waals surface area contributed by atoms with E-state index in [9.17, 15) is 9.59 Å². The fourth-order valence-corrected chi connectivity index (χ4v) is 2.52. The Hall–Kier alpha value is -1.79. The molecule has 1 aromatic rings. The molecule has 0 spiro atoms. The summed E-state index contributed by atoms with van der Waals surface area (Å²) in [4.78, 5) is 25.0. The Morgan fingerprint density at radius 2 is 1.91 bits per heavy atom. The maximum Gasteiger partial charge on any atom is 0.260 e. The monoisotopic (exact) mass is 327 g/mol. The summed E-state index contributed by atoms with van der Waals surface area (Å²) < 4.78 is 5.46. The van der Waals surface area contributed by atoms with Crippen molar-refractivity contribution in [2.24, 2.45) is 11.5 Å². The van der Waals surface area contributed by atoms with Crippen LogP contribution in [0.4, 0.5) is 0 Å². The van der Waals surface area contributed by atoms with E-state index in [-0.39, 0.29) is 31.0 Å². The van der Waals surface area contributed by atoms with Gasteiger partial charge in [0, 0.05) is 24.7 Å². The van der Waals surface area contributed by atoms with Crippen LogP contribution in [0.2, 0.25) is 0 Å². The normalized spacial score (nSPS) is 17.5. The van der Waals surface area contributed by atoms with E-state index in [0.29, 0.717) is 17.9 Å². The van der Waals surface area contributed by atoms with E-state index in [1.165, 1.54) is 0 Å². The fourth-order valence-electron chi connectivity index (χ4n) is 2.52. The Bertz CT molecular complexity index is 507. The highest BCUT2D eigenvalue weighted by atomic mass is 35.5. The number of piperidine rings is 1. The number of nitrogens with two attached hydrogens (primary N) is 2. The van der Waals surface area contributed by atoms with Gasteiger partial charge in [-0.05, 0) is 43.5 Å². The summed E-state index contributed by atoms with van der Waals surface area (Å²) in [5.41, 5.74) is 11.3. The van der Waals surface area contributed by atoms with Gasteiger partial charge in [-0.25, -0.2) is 0 Å². The molecule has 1 fully saturated rings. The lowest BCUT2D eigenvalue weighted by molar-refractivity contribution is -0.136. The molecule has 22 heavy (non-hydrogen) atoms. The van der Waals surface area contributed by atoms with E-state index in [0.717, 1.165) is 25.8 Å². The number of carbonyl (C=O) groups excluding carboxylic acids is 2. The molecular formula is C15H22ClN3O3. The maximum absolute atomic E-state index is 12.2. The largest absolute Gasteiger partial charge is 0.484 e. The van der Waals surface area contributed by atoms with Crippen LogP contribution < -0.4 is 16.2 Å². The molecule has 1 atom stereocenters. The summed E-state index contributed by atoms with van der Waals surface area (Å²) in [6.07, 6.45) is 3.08. The van der Waals surface area contributed by atoms with E-state index in [2.05, 4.69) is 0 Å². The van der Waals surface area contributed by atoms with Crippen LogP contribution in [-0.2, 0) is 4.79 Å². The predicted octanol–water partition coefficient (Wildman–Crippen LogP) is 0.926. The van der Waals surface area contributed by atoms with Crippen LogP contribution >= 0.6 is 12.4 Å². The second-order valence-electron chi connectivity index (χ2n) is 5.15. The van der Waals surface area contributed by atoms with Gasteiger partial charge in [-0.3, -0.25) is 9.59 Å². The number of ether oxygens (including phenoxy) is 1. The number of primary amides is 1. The Labute approximate surface area is 136 Å². The molecule has 122 valence electrons. The van der Waals surface area contributed by atoms with Crippen molar-refractivity contribution in [3.8, 4) is 5.75 Å². The molecule has 4 N–H and O–H groups in total. The summed E-state index contributed by atoms with van der Waals surface area (Å²) in [6.45, 7) is 1.20. The lowest BCUT2D eigenvalue weighted by Crippen LogP contribution is -2.49. The second-order valence-corrected chi connectivity index (χ2v) is 5.15. The van der Waals surface area contributed by atoms with Gasteiger partial charge in [0.2, 0.25) is 5.91 Å². The first-order chi connectivity index (χ1) is 10.1. The van der Waals surface area contributed by atoms with Crippen molar-refractivity contribution in [3.63, 3.8) is 0 Å². The number of halogens is 1. The van der Waals surface area contributed by atoms with Crippen molar-refractivity contribution in [1.29, 1.82) is 0 Å². The third-order valence-corrected chi connectivity index (χ3v) is 3.72. The van der Waals surface area contributed by atoms with Crippen LogP contribution in [-0.4, -0.2) is 42.5 Å². The van der Waals surface area contributed by atoms with Gasteiger partial charge < -0.3 is 21.1 Å². The molecule has 1 saturated heterocycles. The third kappa shape index (κ3) is 4.61. The van der Waals surface area contributed by atoms with Crippen LogP contribution in [0.5, 0.6) is 5.75 Å². The number of amides is 2. The van der Waals surface area contributed by atoms with Crippen molar-refractivity contribution in [2.75, 3.05) is 19.7 Å². The fraction of sp³-hybridized carbons (Fsp3) is 0.467. The summed E-state index contributed by atoms with van der Waals surface area (Å²) in [5, 5.41) is 0. The van der Waals surface area contributed by atoms with Gasteiger partial charge in [0.05, 0.1) is 0 Å². The molecule has 2 amide bonds. The van der Waals surface area contributed by atoms with E-state index >= 15 is 0 Å². The van der Waals surface area contributed by atoms with Gasteiger partial charge in [0.15, 0.2) is 6.61 Å². The second kappa shape index (κ2) is 8.60. The van der Waals surface area contributed by atoms with Gasteiger partial charge >= 0.3 is 0 Å². The molecule has 0 radical (unpaired) electrons. The van der Waals surface area contributed by atoms with Crippen molar-refractivity contribution >= 4 is 24.2 Å². The highest BCUT2D eigenvalue weighted by Gasteiger charge is 2.25. The van der Waals surface area contributed by atoms with Crippen molar-refractivity contribution in [1.82, 2.24) is 4.90 Å². The van der Waals surface area contributed by atoms with E-state index in [1.54, 1.807) is 29.2 Å². The predicted molar refractivity (Wildman–Crippen MR) is 86.1 cm³/mol. The zero-order valence-electron chi connectivity index (χ0n) is 12.4. The number of carbonyl (C=O) groups is 2. The number of nitrogens with zero attached hydrogens (tertiary/aromatic N) is 1. The lowest BCUT2D eigenvalue weighted by atomic mass is 10.0. The van der Waals surface area contributed by atoms with Crippen LogP contribution in [0, 0.1) is 0 Å². The minimum absolute atomic E-state index is 0. The number of likely N-dealkylation sites (tertiary alicyclic amines) is 1. The Morgan fingerprint density at radius 3 is 2.50 bits per heavy atom. The average molecular weight is 328 g/mol. The molecule has 0 saturated carbocycles. The smallest absolute Gasteiger partial charge is 0.260 e. The number of hydrogen-bond acceptors (Lipinski definition) is 4. The molecule has 0 bridgehead atoms. The summed E-state index contributed by atoms with van der Waals surface area (Å²) in [5.74, 6) is -0.00415. The molecule has 1 unspecified atom stereocenters. The summed E-state index contributed by atoms with van der Waals surface area (Å²) >= 11 is 0. The molecule has 1 aromatic carbocycles. The minimum Gasteiger partial charge on any atom is -0.484 e. The van der Waals surface area contributed by atoms with E-state index in [4.69, 9.17) is 16.2 Å². The van der Waals surface area contributed by atoms with Crippen molar-refractivity contribution in [2.45, 2.75) is 25.3 Å². The Balaban J connectivity index is 0.00000242. The maximum atomic E-state index is 12.2. The molecule has 7 heteroatoms. The molecule has 1 heterocycles. The van der Waals surface area contributed by atoms with Crippen molar-refractivity contribution < 1.29 is 14.3 Å². The third-order valence-electron chi connectivity index (χ3n) is 3.72. The number of rotatable bonds is 5. The van der Waals surface area contributed by atoms with E-state index in [1.807, 2.05) is 0 Å². The van der Waals surface area contributed by atoms with Gasteiger partial charge in [-0.15, -0.1) is 12.4 Å². The van der Waals surface area contributed by atoms with Gasteiger partial charge in [-0.2, -0.15) is 0 Å². The van der Waals surface area contributed by atoms with Crippen LogP contribution in [0.1, 0.15) is 29.6 Å². The Kier molecular flexibility index (Phi) is 7.14. The molecule has 1 aliphatic heterocycles. The molecule has 6 nitrogen and oxygen atoms in total. The van der Waals surface area contributed by atoms with Crippen LogP contribution in [0.15, 0.2) is 24.3 Å². The van der Waals surface area contributed by atoms with Crippen LogP contribution in [0.25, 0.3) is 0 Å². The molecule has 2 rings (SSSR count).